The first-order chi connectivity index (χ1) is 14.1. The molecule has 2 saturated carbocycles. The molecule has 0 saturated heterocycles. The van der Waals surface area contributed by atoms with Gasteiger partial charge in [-0.2, -0.15) is 0 Å². The lowest BCUT2D eigenvalue weighted by atomic mass is 9.95. The molecule has 0 heterocycles. The van der Waals surface area contributed by atoms with Crippen molar-refractivity contribution in [3.05, 3.63) is 29.3 Å². The Labute approximate surface area is 174 Å². The lowest BCUT2D eigenvalue weighted by molar-refractivity contribution is 0.00410. The van der Waals surface area contributed by atoms with Gasteiger partial charge >= 0.3 is 11.9 Å². The van der Waals surface area contributed by atoms with Crippen LogP contribution in [-0.4, -0.2) is 59.5 Å². The summed E-state index contributed by atoms with van der Waals surface area (Å²) in [7, 11) is -4.93. The zero-order chi connectivity index (χ0) is 21.9. The fourth-order valence-electron chi connectivity index (χ4n) is 3.74. The zero-order valence-corrected chi connectivity index (χ0v) is 17.2. The predicted octanol–water partition coefficient (Wildman–Crippen LogP) is 1.51. The van der Waals surface area contributed by atoms with Crippen molar-refractivity contribution in [3.63, 3.8) is 0 Å². The summed E-state index contributed by atoms with van der Waals surface area (Å²) in [6.45, 7) is 0. The Morgan fingerprint density at radius 2 is 1.13 bits per heavy atom. The normalized spacial score (nSPS) is 27.3. The number of esters is 2. The monoisotopic (exact) mass is 441 g/mol. The lowest BCUT2D eigenvalue weighted by Crippen LogP contribution is -2.27. The average Bonchev–Trinajstić information content (AvgIpc) is 2.70. The zero-order valence-electron chi connectivity index (χ0n) is 16.4. The van der Waals surface area contributed by atoms with Gasteiger partial charge in [-0.25, -0.2) is 18.0 Å². The van der Waals surface area contributed by atoms with Gasteiger partial charge in [0.2, 0.25) is 0 Å². The van der Waals surface area contributed by atoms with Crippen molar-refractivity contribution in [1.29, 1.82) is 0 Å². The number of aliphatic hydroxyl groups excluding tert-OH is 2. The van der Waals surface area contributed by atoms with E-state index in [2.05, 4.69) is 0 Å². The molecule has 9 nitrogen and oxygen atoms in total. The minimum absolute atomic E-state index is 0.232. The Kier molecular flexibility index (Phi) is 7.12. The summed E-state index contributed by atoms with van der Waals surface area (Å²) in [6.07, 6.45) is 2.08. The smallest absolute Gasteiger partial charge is 0.338 e. The van der Waals surface area contributed by atoms with E-state index in [-0.39, 0.29) is 11.1 Å². The van der Waals surface area contributed by atoms with E-state index in [9.17, 15) is 32.8 Å². The van der Waals surface area contributed by atoms with Crippen LogP contribution in [0, 0.1) is 0 Å². The van der Waals surface area contributed by atoms with Crippen molar-refractivity contribution in [3.8, 4) is 0 Å². The Morgan fingerprint density at radius 3 is 1.47 bits per heavy atom. The van der Waals surface area contributed by atoms with Crippen LogP contribution in [0.25, 0.3) is 0 Å². The predicted molar refractivity (Wildman–Crippen MR) is 102 cm³/mol. The molecule has 1 aromatic rings. The Bertz CT molecular complexity index is 825. The third kappa shape index (κ3) is 6.00. The largest absolute Gasteiger partial charge is 0.744 e. The number of hydrogen-bond acceptors (Lipinski definition) is 9. The maximum absolute atomic E-state index is 12.5. The second kappa shape index (κ2) is 9.42. The van der Waals surface area contributed by atoms with E-state index in [1.165, 1.54) is 0 Å². The standard InChI is InChI=1S/C20H26O9S/c21-14-1-5-16(6-2-14)28-19(23)12-9-13(11-18(10-12)30(25,26)27)20(24)29-17-7-3-15(22)4-8-17/h9-11,14-17,21-22H,1-8H2,(H,25,26,27)/p-1. The van der Waals surface area contributed by atoms with Crippen LogP contribution in [-0.2, 0) is 19.6 Å². The Hall–Kier alpha value is -2.01. The van der Waals surface area contributed by atoms with E-state index in [1.807, 2.05) is 0 Å². The van der Waals surface area contributed by atoms with Gasteiger partial charge in [0, 0.05) is 0 Å². The molecule has 0 spiro atoms. The van der Waals surface area contributed by atoms with E-state index in [4.69, 9.17) is 9.47 Å². The highest BCUT2D eigenvalue weighted by Crippen LogP contribution is 2.25. The first-order valence-corrected chi connectivity index (χ1v) is 11.4. The van der Waals surface area contributed by atoms with Crippen molar-refractivity contribution >= 4 is 22.1 Å². The van der Waals surface area contributed by atoms with Crippen molar-refractivity contribution in [1.82, 2.24) is 0 Å². The lowest BCUT2D eigenvalue weighted by Gasteiger charge is -2.26. The maximum Gasteiger partial charge on any atom is 0.338 e. The summed E-state index contributed by atoms with van der Waals surface area (Å²) in [5.74, 6) is -1.70. The van der Waals surface area contributed by atoms with Crippen LogP contribution in [0.3, 0.4) is 0 Å². The molecule has 0 radical (unpaired) electrons. The van der Waals surface area contributed by atoms with Crippen molar-refractivity contribution in [2.45, 2.75) is 80.7 Å². The quantitative estimate of drug-likeness (QED) is 0.512. The first-order valence-electron chi connectivity index (χ1n) is 10.0. The van der Waals surface area contributed by atoms with E-state index in [1.54, 1.807) is 0 Å². The molecular weight excluding hydrogens is 416 g/mol. The molecule has 2 N–H and O–H groups in total. The van der Waals surface area contributed by atoms with Crippen LogP contribution < -0.4 is 0 Å². The SMILES string of the molecule is O=C(OC1CCC(O)CC1)c1cc(C(=O)OC2CCC(O)CC2)cc(S(=O)(=O)[O-])c1. The summed E-state index contributed by atoms with van der Waals surface area (Å²) in [5.41, 5.74) is -0.465. The number of ether oxygens (including phenoxy) is 2. The number of aliphatic hydroxyl groups is 2. The van der Waals surface area contributed by atoms with Crippen molar-refractivity contribution < 1.29 is 42.2 Å². The molecule has 0 amide bonds. The molecule has 30 heavy (non-hydrogen) atoms. The van der Waals surface area contributed by atoms with Crippen molar-refractivity contribution in [2.24, 2.45) is 0 Å². The molecule has 0 aliphatic heterocycles. The molecule has 2 aliphatic rings. The molecule has 10 heteroatoms. The maximum atomic E-state index is 12.5. The van der Waals surface area contributed by atoms with Gasteiger partial charge < -0.3 is 24.2 Å². The second-order valence-electron chi connectivity index (χ2n) is 7.87. The molecule has 166 valence electrons. The van der Waals surface area contributed by atoms with Crippen LogP contribution in [0.1, 0.15) is 72.1 Å². The van der Waals surface area contributed by atoms with E-state index < -0.39 is 51.4 Å². The number of hydrogen-bond donors (Lipinski definition) is 2. The number of carbonyl (C=O) groups excluding carboxylic acids is 2. The van der Waals surface area contributed by atoms with Crippen LogP contribution in [0.2, 0.25) is 0 Å². The molecule has 0 aromatic heterocycles. The summed E-state index contributed by atoms with van der Waals surface area (Å²) < 4.78 is 45.3. The van der Waals surface area contributed by atoms with Gasteiger partial charge in [-0.3, -0.25) is 0 Å². The van der Waals surface area contributed by atoms with Gasteiger partial charge in [0.1, 0.15) is 22.3 Å². The van der Waals surface area contributed by atoms with Crippen LogP contribution in [0.4, 0.5) is 0 Å². The second-order valence-corrected chi connectivity index (χ2v) is 9.25. The molecule has 1 aromatic carbocycles. The number of rotatable bonds is 5. The summed E-state index contributed by atoms with van der Waals surface area (Å²) >= 11 is 0. The van der Waals surface area contributed by atoms with Crippen LogP contribution in [0.5, 0.6) is 0 Å². The van der Waals surface area contributed by atoms with Crippen molar-refractivity contribution in [2.75, 3.05) is 0 Å². The third-order valence-electron chi connectivity index (χ3n) is 5.50. The van der Waals surface area contributed by atoms with Gasteiger partial charge in [-0.1, -0.05) is 0 Å². The molecule has 3 rings (SSSR count). The highest BCUT2D eigenvalue weighted by Gasteiger charge is 2.26. The highest BCUT2D eigenvalue weighted by molar-refractivity contribution is 7.85. The van der Waals surface area contributed by atoms with Crippen LogP contribution in [0.15, 0.2) is 23.1 Å². The van der Waals surface area contributed by atoms with Gasteiger partial charge in [0.25, 0.3) is 0 Å². The molecular formula is C20H25O9S-. The van der Waals surface area contributed by atoms with Gasteiger partial charge in [0.05, 0.1) is 28.2 Å². The highest BCUT2D eigenvalue weighted by atomic mass is 32.2. The van der Waals surface area contributed by atoms with E-state index in [0.717, 1.165) is 18.2 Å². The summed E-state index contributed by atoms with van der Waals surface area (Å²) in [6, 6.07) is 2.92. The van der Waals surface area contributed by atoms with E-state index in [0.29, 0.717) is 51.4 Å². The van der Waals surface area contributed by atoms with Gasteiger partial charge in [0.15, 0.2) is 0 Å². The fraction of sp³-hybridized carbons (Fsp3) is 0.600. The number of carbonyl (C=O) groups is 2. The van der Waals surface area contributed by atoms with E-state index >= 15 is 0 Å². The average molecular weight is 441 g/mol. The van der Waals surface area contributed by atoms with Gasteiger partial charge in [-0.05, 0) is 69.6 Å². The topological polar surface area (TPSA) is 150 Å². The minimum Gasteiger partial charge on any atom is -0.744 e. The van der Waals surface area contributed by atoms with Gasteiger partial charge in [-0.15, -0.1) is 0 Å². The molecule has 0 atom stereocenters. The molecule has 2 aliphatic carbocycles. The number of benzene rings is 1. The first kappa shape index (κ1) is 22.7. The Balaban J connectivity index is 1.77. The minimum atomic E-state index is -4.93. The Morgan fingerprint density at radius 1 is 0.767 bits per heavy atom. The summed E-state index contributed by atoms with van der Waals surface area (Å²) in [4.78, 5) is 24.3. The molecule has 0 unspecified atom stereocenters. The summed E-state index contributed by atoms with van der Waals surface area (Å²) in [5, 5.41) is 19.1. The molecule has 2 fully saturated rings. The fourth-order valence-corrected chi connectivity index (χ4v) is 4.29. The van der Waals surface area contributed by atoms with Crippen LogP contribution >= 0.6 is 0 Å². The molecule has 0 bridgehead atoms. The third-order valence-corrected chi connectivity index (χ3v) is 6.31.